The minimum absolute atomic E-state index is 0.00845. The molecule has 37 heavy (non-hydrogen) atoms. The summed E-state index contributed by atoms with van der Waals surface area (Å²) in [7, 11) is 0. The first-order valence-electron chi connectivity index (χ1n) is 12.6. The van der Waals surface area contributed by atoms with Crippen molar-refractivity contribution in [3.8, 4) is 0 Å². The molecule has 3 aromatic rings. The minimum atomic E-state index is -0.655. The summed E-state index contributed by atoms with van der Waals surface area (Å²) >= 11 is 14.1. The Bertz CT molecular complexity index is 1140. The Morgan fingerprint density at radius 2 is 1.54 bits per heavy atom. The number of benzene rings is 3. The highest BCUT2D eigenvalue weighted by Gasteiger charge is 2.30. The zero-order valence-corrected chi connectivity index (χ0v) is 23.7. The van der Waals surface area contributed by atoms with E-state index >= 15 is 0 Å². The molecular weight excluding hydrogens is 523 g/mol. The predicted octanol–water partition coefficient (Wildman–Crippen LogP) is 7.17. The normalized spacial score (nSPS) is 12.5. The number of carbonyl (C=O) groups excluding carboxylic acids is 2. The predicted molar refractivity (Wildman–Crippen MR) is 156 cm³/mol. The van der Waals surface area contributed by atoms with Crippen LogP contribution in [0, 0.1) is 0 Å². The van der Waals surface area contributed by atoms with Crippen LogP contribution >= 0.6 is 35.0 Å². The molecule has 3 rings (SSSR count). The number of nitrogens with one attached hydrogen (secondary N) is 1. The zero-order chi connectivity index (χ0) is 26.6. The fraction of sp³-hybridized carbons (Fsp3) is 0.333. The molecule has 0 fully saturated rings. The molecule has 2 amide bonds. The van der Waals surface area contributed by atoms with Crippen LogP contribution in [0.15, 0.2) is 78.9 Å². The van der Waals surface area contributed by atoms with E-state index in [1.165, 1.54) is 5.56 Å². The summed E-state index contributed by atoms with van der Waals surface area (Å²) in [6.45, 7) is 4.27. The monoisotopic (exact) mass is 556 g/mol. The lowest BCUT2D eigenvalue weighted by molar-refractivity contribution is -0.141. The van der Waals surface area contributed by atoms with E-state index in [4.69, 9.17) is 23.2 Å². The van der Waals surface area contributed by atoms with E-state index in [0.29, 0.717) is 28.6 Å². The van der Waals surface area contributed by atoms with Crippen LogP contribution in [0.2, 0.25) is 10.0 Å². The van der Waals surface area contributed by atoms with Crippen LogP contribution in [0.25, 0.3) is 0 Å². The van der Waals surface area contributed by atoms with Gasteiger partial charge in [0.1, 0.15) is 6.04 Å². The van der Waals surface area contributed by atoms with Gasteiger partial charge in [0.05, 0.1) is 10.0 Å². The largest absolute Gasteiger partial charge is 0.352 e. The number of thioether (sulfide) groups is 1. The molecule has 1 N–H and O–H groups in total. The summed E-state index contributed by atoms with van der Waals surface area (Å²) in [6, 6.07) is 24.7. The van der Waals surface area contributed by atoms with Gasteiger partial charge in [-0.25, -0.2) is 0 Å². The summed E-state index contributed by atoms with van der Waals surface area (Å²) in [4.78, 5) is 28.9. The van der Waals surface area contributed by atoms with Gasteiger partial charge in [-0.15, -0.1) is 0 Å². The van der Waals surface area contributed by atoms with Gasteiger partial charge < -0.3 is 10.2 Å². The van der Waals surface area contributed by atoms with Crippen molar-refractivity contribution in [3.05, 3.63) is 106 Å². The summed E-state index contributed by atoms with van der Waals surface area (Å²) < 4.78 is 0. The first-order chi connectivity index (χ1) is 17.9. The second kappa shape index (κ2) is 15.1. The van der Waals surface area contributed by atoms with Crippen LogP contribution in [-0.4, -0.2) is 34.6 Å². The van der Waals surface area contributed by atoms with Gasteiger partial charge in [0.15, 0.2) is 0 Å². The Kier molecular flexibility index (Phi) is 11.8. The van der Waals surface area contributed by atoms with Gasteiger partial charge in [0.25, 0.3) is 0 Å². The third kappa shape index (κ3) is 9.41. The summed E-state index contributed by atoms with van der Waals surface area (Å²) in [6.07, 6.45) is 1.56. The van der Waals surface area contributed by atoms with Gasteiger partial charge in [0, 0.05) is 36.9 Å². The number of hydrogen-bond acceptors (Lipinski definition) is 3. The quantitative estimate of drug-likeness (QED) is 0.227. The average Bonchev–Trinajstić information content (AvgIpc) is 2.91. The first kappa shape index (κ1) is 29.1. The van der Waals surface area contributed by atoms with E-state index in [0.717, 1.165) is 23.3 Å². The molecule has 196 valence electrons. The van der Waals surface area contributed by atoms with Crippen LogP contribution in [0.5, 0.6) is 0 Å². The lowest BCUT2D eigenvalue weighted by Crippen LogP contribution is -2.52. The molecule has 0 saturated heterocycles. The Balaban J connectivity index is 1.83. The number of nitrogens with zero attached hydrogens (tertiary/aromatic N) is 1. The second-order valence-corrected chi connectivity index (χ2v) is 11.0. The molecule has 0 saturated carbocycles. The summed E-state index contributed by atoms with van der Waals surface area (Å²) in [5.74, 6) is 1.29. The molecule has 0 unspecified atom stereocenters. The fourth-order valence-electron chi connectivity index (χ4n) is 3.90. The zero-order valence-electron chi connectivity index (χ0n) is 21.3. The number of rotatable bonds is 13. The van der Waals surface area contributed by atoms with Gasteiger partial charge in [-0.2, -0.15) is 11.8 Å². The lowest BCUT2D eigenvalue weighted by Gasteiger charge is -2.32. The van der Waals surface area contributed by atoms with Crippen molar-refractivity contribution in [1.82, 2.24) is 10.2 Å². The van der Waals surface area contributed by atoms with Gasteiger partial charge in [-0.1, -0.05) is 96.9 Å². The van der Waals surface area contributed by atoms with Crippen LogP contribution in [0.1, 0.15) is 43.4 Å². The number of hydrogen-bond donors (Lipinski definition) is 1. The molecule has 0 radical (unpaired) electrons. The highest BCUT2D eigenvalue weighted by Crippen LogP contribution is 2.25. The minimum Gasteiger partial charge on any atom is -0.352 e. The molecule has 0 spiro atoms. The van der Waals surface area contributed by atoms with E-state index < -0.39 is 6.04 Å². The smallest absolute Gasteiger partial charge is 0.243 e. The van der Waals surface area contributed by atoms with Gasteiger partial charge in [-0.3, -0.25) is 9.59 Å². The molecule has 2 atom stereocenters. The van der Waals surface area contributed by atoms with E-state index in [-0.39, 0.29) is 24.4 Å². The van der Waals surface area contributed by atoms with E-state index in [1.807, 2.05) is 68.4 Å². The first-order valence-corrected chi connectivity index (χ1v) is 14.5. The van der Waals surface area contributed by atoms with Crippen molar-refractivity contribution in [2.75, 3.05) is 5.75 Å². The van der Waals surface area contributed by atoms with Crippen molar-refractivity contribution < 1.29 is 9.59 Å². The van der Waals surface area contributed by atoms with Crippen LogP contribution in [-0.2, 0) is 28.3 Å². The van der Waals surface area contributed by atoms with Crippen molar-refractivity contribution in [1.29, 1.82) is 0 Å². The molecule has 0 aromatic heterocycles. The van der Waals surface area contributed by atoms with E-state index in [1.54, 1.807) is 28.8 Å². The highest BCUT2D eigenvalue weighted by molar-refractivity contribution is 7.98. The molecule has 0 heterocycles. The van der Waals surface area contributed by atoms with Crippen molar-refractivity contribution in [2.45, 2.75) is 57.5 Å². The van der Waals surface area contributed by atoms with Crippen LogP contribution in [0.3, 0.4) is 0 Å². The summed E-state index contributed by atoms with van der Waals surface area (Å²) in [5.41, 5.74) is 3.05. The van der Waals surface area contributed by atoms with E-state index in [2.05, 4.69) is 17.4 Å². The van der Waals surface area contributed by atoms with Crippen molar-refractivity contribution in [3.63, 3.8) is 0 Å². The number of carbonyl (C=O) groups is 2. The number of halogens is 2. The standard InChI is InChI=1S/C30H34Cl2N2O2S/c1-3-22(2)33-30(36)28(19-23-10-6-4-7-11-23)34(20-25-14-15-26(31)27(32)18-25)29(35)16-17-37-21-24-12-8-5-9-13-24/h4-15,18,22,28H,3,16-17,19-21H2,1-2H3,(H,33,36)/t22-,28-/m1/s1. The van der Waals surface area contributed by atoms with Crippen molar-refractivity contribution >= 4 is 46.8 Å². The molecule has 0 bridgehead atoms. The molecule has 0 aliphatic carbocycles. The Morgan fingerprint density at radius 3 is 2.16 bits per heavy atom. The number of amides is 2. The Morgan fingerprint density at radius 1 is 0.892 bits per heavy atom. The second-order valence-electron chi connectivity index (χ2n) is 9.08. The molecule has 0 aliphatic rings. The third-order valence-electron chi connectivity index (χ3n) is 6.18. The SMILES string of the molecule is CC[C@@H](C)NC(=O)[C@@H](Cc1ccccc1)N(Cc1ccc(Cl)c(Cl)c1)C(=O)CCSCc1ccccc1. The molecule has 0 aliphatic heterocycles. The van der Waals surface area contributed by atoms with Crippen molar-refractivity contribution in [2.24, 2.45) is 0 Å². The Labute approximate surface area is 234 Å². The molecule has 7 heteroatoms. The fourth-order valence-corrected chi connectivity index (χ4v) is 5.11. The summed E-state index contributed by atoms with van der Waals surface area (Å²) in [5, 5.41) is 3.97. The maximum absolute atomic E-state index is 13.7. The maximum atomic E-state index is 13.7. The van der Waals surface area contributed by atoms with Crippen LogP contribution < -0.4 is 5.32 Å². The third-order valence-corrected chi connectivity index (χ3v) is 7.95. The average molecular weight is 558 g/mol. The molecular formula is C30H34Cl2N2O2S. The molecule has 3 aromatic carbocycles. The highest BCUT2D eigenvalue weighted by atomic mass is 35.5. The van der Waals surface area contributed by atoms with Gasteiger partial charge in [0.2, 0.25) is 11.8 Å². The van der Waals surface area contributed by atoms with Gasteiger partial charge in [-0.05, 0) is 42.2 Å². The van der Waals surface area contributed by atoms with Crippen LogP contribution in [0.4, 0.5) is 0 Å². The van der Waals surface area contributed by atoms with E-state index in [9.17, 15) is 9.59 Å². The topological polar surface area (TPSA) is 49.4 Å². The maximum Gasteiger partial charge on any atom is 0.243 e. The molecule has 4 nitrogen and oxygen atoms in total. The lowest BCUT2D eigenvalue weighted by atomic mass is 10.0. The Hall–Kier alpha value is -2.47. The van der Waals surface area contributed by atoms with Gasteiger partial charge >= 0.3 is 0 Å².